The quantitative estimate of drug-likeness (QED) is 0.711. The normalized spacial score (nSPS) is 16.8. The molecule has 1 aliphatic rings. The maximum absolute atomic E-state index is 13.3. The number of carbonyl (C=O) groups is 3. The molecule has 0 radical (unpaired) electrons. The summed E-state index contributed by atoms with van der Waals surface area (Å²) in [7, 11) is 0. The highest BCUT2D eigenvalue weighted by molar-refractivity contribution is 5.85. The monoisotopic (exact) mass is 421 g/mol. The Morgan fingerprint density at radius 1 is 1.00 bits per heavy atom. The number of hydrogen-bond donors (Lipinski definition) is 1. The molecule has 2 aromatic rings. The molecule has 0 spiro atoms. The summed E-state index contributed by atoms with van der Waals surface area (Å²) < 4.78 is 0. The summed E-state index contributed by atoms with van der Waals surface area (Å²) in [5, 5.41) is 0. The Balaban J connectivity index is 1.85. The predicted octanol–water partition coefficient (Wildman–Crippen LogP) is 2.86. The molecule has 1 atom stereocenters. The molecule has 1 heterocycles. The van der Waals surface area contributed by atoms with Gasteiger partial charge in [-0.3, -0.25) is 14.4 Å². The van der Waals surface area contributed by atoms with E-state index in [1.165, 1.54) is 0 Å². The van der Waals surface area contributed by atoms with E-state index in [0.717, 1.165) is 23.1 Å². The Kier molecular flexibility index (Phi) is 7.82. The highest BCUT2D eigenvalue weighted by Gasteiger charge is 2.32. The van der Waals surface area contributed by atoms with Gasteiger partial charge in [-0.05, 0) is 29.5 Å². The van der Waals surface area contributed by atoms with Gasteiger partial charge >= 0.3 is 0 Å². The van der Waals surface area contributed by atoms with Gasteiger partial charge in [-0.2, -0.15) is 0 Å². The lowest BCUT2D eigenvalue weighted by Gasteiger charge is -2.24. The highest BCUT2D eigenvalue weighted by atomic mass is 16.2. The minimum atomic E-state index is -0.486. The van der Waals surface area contributed by atoms with E-state index in [1.807, 2.05) is 42.2 Å². The molecule has 164 valence electrons. The lowest BCUT2D eigenvalue weighted by molar-refractivity contribution is -0.135. The van der Waals surface area contributed by atoms with Gasteiger partial charge in [0.05, 0.1) is 5.92 Å². The molecular formula is C25H31N3O3. The maximum atomic E-state index is 13.3. The van der Waals surface area contributed by atoms with Gasteiger partial charge in [0.25, 0.3) is 0 Å². The smallest absolute Gasteiger partial charge is 0.227 e. The van der Waals surface area contributed by atoms with Crippen LogP contribution in [0.4, 0.5) is 0 Å². The Labute approximate surface area is 184 Å². The molecule has 1 aliphatic heterocycles. The van der Waals surface area contributed by atoms with Gasteiger partial charge in [-0.15, -0.1) is 0 Å². The molecule has 3 amide bonds. The molecule has 1 saturated heterocycles. The van der Waals surface area contributed by atoms with E-state index >= 15 is 0 Å². The number of nitrogens with zero attached hydrogens (tertiary/aromatic N) is 2. The molecule has 0 saturated carbocycles. The SMILES string of the molecule is CCCN1CCN(C(=O)CCC(N)=O)C[C@@H](Cc2ccccc2-c2ccccc2)C1=O. The Bertz CT molecular complexity index is 913. The molecule has 0 unspecified atom stereocenters. The molecule has 0 aromatic heterocycles. The van der Waals surface area contributed by atoms with E-state index < -0.39 is 5.91 Å². The van der Waals surface area contributed by atoms with Crippen LogP contribution in [-0.4, -0.2) is 53.7 Å². The summed E-state index contributed by atoms with van der Waals surface area (Å²) in [6.07, 6.45) is 1.55. The second kappa shape index (κ2) is 10.8. The fraction of sp³-hybridized carbons (Fsp3) is 0.400. The third-order valence-electron chi connectivity index (χ3n) is 5.74. The van der Waals surface area contributed by atoms with Crippen molar-refractivity contribution in [1.82, 2.24) is 9.80 Å². The number of rotatable bonds is 8. The Morgan fingerprint density at radius 2 is 1.71 bits per heavy atom. The van der Waals surface area contributed by atoms with Crippen LogP contribution >= 0.6 is 0 Å². The van der Waals surface area contributed by atoms with Gasteiger partial charge in [0.2, 0.25) is 17.7 Å². The van der Waals surface area contributed by atoms with Crippen molar-refractivity contribution in [3.05, 3.63) is 60.2 Å². The van der Waals surface area contributed by atoms with Crippen LogP contribution in [0, 0.1) is 5.92 Å². The van der Waals surface area contributed by atoms with Crippen molar-refractivity contribution in [2.45, 2.75) is 32.6 Å². The Hall–Kier alpha value is -3.15. The molecular weight excluding hydrogens is 390 g/mol. The minimum absolute atomic E-state index is 0.0312. The number of nitrogens with two attached hydrogens (primary N) is 1. The zero-order valence-corrected chi connectivity index (χ0v) is 18.1. The molecule has 0 aliphatic carbocycles. The third-order valence-corrected chi connectivity index (χ3v) is 5.74. The number of primary amides is 1. The molecule has 1 fully saturated rings. The molecule has 6 heteroatoms. The lowest BCUT2D eigenvalue weighted by Crippen LogP contribution is -2.38. The number of amides is 3. The second-order valence-electron chi connectivity index (χ2n) is 8.06. The van der Waals surface area contributed by atoms with E-state index in [4.69, 9.17) is 5.73 Å². The number of carbonyl (C=O) groups excluding carboxylic acids is 3. The van der Waals surface area contributed by atoms with Gasteiger partial charge in [0.15, 0.2) is 0 Å². The molecule has 0 bridgehead atoms. The highest BCUT2D eigenvalue weighted by Crippen LogP contribution is 2.27. The van der Waals surface area contributed by atoms with Crippen LogP contribution in [0.2, 0.25) is 0 Å². The van der Waals surface area contributed by atoms with Gasteiger partial charge in [0.1, 0.15) is 0 Å². The molecule has 2 N–H and O–H groups in total. The zero-order chi connectivity index (χ0) is 22.2. The first-order chi connectivity index (χ1) is 15.0. The van der Waals surface area contributed by atoms with Crippen molar-refractivity contribution in [2.24, 2.45) is 11.7 Å². The van der Waals surface area contributed by atoms with Crippen molar-refractivity contribution < 1.29 is 14.4 Å². The van der Waals surface area contributed by atoms with E-state index in [1.54, 1.807) is 4.90 Å². The first kappa shape index (κ1) is 22.5. The van der Waals surface area contributed by atoms with E-state index in [0.29, 0.717) is 32.6 Å². The molecule has 2 aromatic carbocycles. The Morgan fingerprint density at radius 3 is 2.42 bits per heavy atom. The fourth-order valence-electron chi connectivity index (χ4n) is 4.17. The summed E-state index contributed by atoms with van der Waals surface area (Å²) in [5.41, 5.74) is 8.52. The summed E-state index contributed by atoms with van der Waals surface area (Å²) in [5.74, 6) is -0.835. The van der Waals surface area contributed by atoms with Crippen molar-refractivity contribution in [1.29, 1.82) is 0 Å². The van der Waals surface area contributed by atoms with Crippen molar-refractivity contribution in [3.63, 3.8) is 0 Å². The van der Waals surface area contributed by atoms with E-state index in [2.05, 4.69) is 24.3 Å². The van der Waals surface area contributed by atoms with Crippen LogP contribution in [0.5, 0.6) is 0 Å². The van der Waals surface area contributed by atoms with Crippen LogP contribution in [0.15, 0.2) is 54.6 Å². The van der Waals surface area contributed by atoms with Crippen LogP contribution in [0.25, 0.3) is 11.1 Å². The van der Waals surface area contributed by atoms with Crippen molar-refractivity contribution in [2.75, 3.05) is 26.2 Å². The topological polar surface area (TPSA) is 83.7 Å². The summed E-state index contributed by atoms with van der Waals surface area (Å²) in [6.45, 7) is 4.10. The van der Waals surface area contributed by atoms with Crippen LogP contribution in [0.3, 0.4) is 0 Å². The first-order valence-electron chi connectivity index (χ1n) is 11.0. The zero-order valence-electron chi connectivity index (χ0n) is 18.1. The summed E-state index contributed by atoms with van der Waals surface area (Å²) >= 11 is 0. The van der Waals surface area contributed by atoms with Gasteiger partial charge in [0, 0.05) is 39.0 Å². The van der Waals surface area contributed by atoms with Crippen LogP contribution in [-0.2, 0) is 20.8 Å². The standard InChI is InChI=1S/C25H31N3O3/c1-2-14-27-15-16-28(24(30)13-12-23(26)29)18-21(25(27)31)17-20-10-6-7-11-22(20)19-8-4-3-5-9-19/h3-11,21H,2,12-18H2,1H3,(H2,26,29)/t21-/m1/s1. The largest absolute Gasteiger partial charge is 0.370 e. The van der Waals surface area contributed by atoms with E-state index in [9.17, 15) is 14.4 Å². The summed E-state index contributed by atoms with van der Waals surface area (Å²) in [6, 6.07) is 18.3. The third kappa shape index (κ3) is 5.94. The van der Waals surface area contributed by atoms with Gasteiger partial charge in [-0.25, -0.2) is 0 Å². The molecule has 31 heavy (non-hydrogen) atoms. The van der Waals surface area contributed by atoms with Crippen molar-refractivity contribution in [3.8, 4) is 11.1 Å². The second-order valence-corrected chi connectivity index (χ2v) is 8.06. The van der Waals surface area contributed by atoms with Crippen molar-refractivity contribution >= 4 is 17.7 Å². The average Bonchev–Trinajstić information content (AvgIpc) is 2.93. The molecule has 6 nitrogen and oxygen atoms in total. The fourth-order valence-corrected chi connectivity index (χ4v) is 4.17. The minimum Gasteiger partial charge on any atom is -0.370 e. The maximum Gasteiger partial charge on any atom is 0.227 e. The first-order valence-corrected chi connectivity index (χ1v) is 11.0. The predicted molar refractivity (Wildman–Crippen MR) is 121 cm³/mol. The van der Waals surface area contributed by atoms with Gasteiger partial charge in [-0.1, -0.05) is 61.5 Å². The number of benzene rings is 2. The molecule has 3 rings (SSSR count). The van der Waals surface area contributed by atoms with Gasteiger partial charge < -0.3 is 15.5 Å². The van der Waals surface area contributed by atoms with Crippen LogP contribution < -0.4 is 5.73 Å². The average molecular weight is 422 g/mol. The number of hydrogen-bond acceptors (Lipinski definition) is 3. The van der Waals surface area contributed by atoms with E-state index in [-0.39, 0.29) is 30.6 Å². The summed E-state index contributed by atoms with van der Waals surface area (Å²) in [4.78, 5) is 40.7. The van der Waals surface area contributed by atoms with Crippen LogP contribution in [0.1, 0.15) is 31.7 Å². The lowest BCUT2D eigenvalue weighted by atomic mass is 9.91.